The molecule has 0 spiro atoms. The lowest BCUT2D eigenvalue weighted by molar-refractivity contribution is -0.140. The first-order chi connectivity index (χ1) is 11.0. The van der Waals surface area contributed by atoms with Crippen LogP contribution in [0.2, 0.25) is 0 Å². The van der Waals surface area contributed by atoms with Crippen molar-refractivity contribution >= 4 is 20.9 Å². The van der Waals surface area contributed by atoms with Crippen LogP contribution in [-0.4, -0.2) is 33.3 Å². The molecular weight excluding hydrogens is 309 g/mol. The van der Waals surface area contributed by atoms with E-state index < -0.39 is 5.16 Å². The molecule has 1 unspecified atom stereocenters. The minimum Gasteiger partial charge on any atom is -0.336 e. The SMILES string of the molecule is C[C@H]1C(=O)C(C#N)=C[C@@]2(P)C(=O)N(Cc3ccccn3)CC[C@H]12. The van der Waals surface area contributed by atoms with Gasteiger partial charge in [-0.2, -0.15) is 5.26 Å². The predicted octanol–water partition coefficient (Wildman–Crippen LogP) is 1.71. The van der Waals surface area contributed by atoms with Gasteiger partial charge in [0.05, 0.1) is 23.0 Å². The Bertz CT molecular complexity index is 725. The summed E-state index contributed by atoms with van der Waals surface area (Å²) in [5.41, 5.74) is 0.925. The molecule has 1 aliphatic carbocycles. The number of amides is 1. The summed E-state index contributed by atoms with van der Waals surface area (Å²) in [7, 11) is 2.61. The Kier molecular flexibility index (Phi) is 4.04. The molecule has 1 saturated heterocycles. The number of Topliss-reactive ketones (excluding diaryl/α,β-unsaturated/α-hetero) is 1. The first kappa shape index (κ1) is 15.8. The van der Waals surface area contributed by atoms with Crippen LogP contribution in [0.3, 0.4) is 0 Å². The van der Waals surface area contributed by atoms with Crippen molar-refractivity contribution in [3.8, 4) is 6.07 Å². The number of ketones is 1. The van der Waals surface area contributed by atoms with Crippen molar-refractivity contribution in [3.63, 3.8) is 0 Å². The van der Waals surface area contributed by atoms with Crippen molar-refractivity contribution in [2.45, 2.75) is 25.0 Å². The van der Waals surface area contributed by atoms with Crippen LogP contribution in [0.15, 0.2) is 36.0 Å². The van der Waals surface area contributed by atoms with Gasteiger partial charge < -0.3 is 4.90 Å². The fourth-order valence-electron chi connectivity index (χ4n) is 3.56. The van der Waals surface area contributed by atoms with Crippen LogP contribution in [0.5, 0.6) is 0 Å². The zero-order chi connectivity index (χ0) is 16.6. The van der Waals surface area contributed by atoms with Crippen molar-refractivity contribution in [2.75, 3.05) is 6.54 Å². The molecule has 0 radical (unpaired) electrons. The maximum absolute atomic E-state index is 13.0. The number of likely N-dealkylation sites (tertiary alicyclic amines) is 1. The Balaban J connectivity index is 1.92. The number of allylic oxidation sites excluding steroid dienone is 1. The molecule has 0 aromatic carbocycles. The number of hydrogen-bond acceptors (Lipinski definition) is 4. The van der Waals surface area contributed by atoms with Gasteiger partial charge in [-0.3, -0.25) is 14.6 Å². The second-order valence-corrected chi connectivity index (χ2v) is 7.15. The van der Waals surface area contributed by atoms with Gasteiger partial charge in [-0.25, -0.2) is 0 Å². The summed E-state index contributed by atoms with van der Waals surface area (Å²) in [6.45, 7) is 2.86. The third-order valence-corrected chi connectivity index (χ3v) is 5.69. The highest BCUT2D eigenvalue weighted by atomic mass is 31.0. The quantitative estimate of drug-likeness (QED) is 0.775. The molecule has 1 aromatic rings. The van der Waals surface area contributed by atoms with E-state index in [1.165, 1.54) is 0 Å². The maximum atomic E-state index is 13.0. The van der Waals surface area contributed by atoms with Crippen molar-refractivity contribution < 1.29 is 9.59 Å². The third kappa shape index (κ3) is 2.58. The number of fused-ring (bicyclic) bond motifs is 1. The number of pyridine rings is 1. The van der Waals surface area contributed by atoms with E-state index in [0.29, 0.717) is 13.1 Å². The fourth-order valence-corrected chi connectivity index (χ4v) is 4.37. The van der Waals surface area contributed by atoms with Gasteiger partial charge >= 0.3 is 0 Å². The molecule has 3 rings (SSSR count). The lowest BCUT2D eigenvalue weighted by atomic mass is 9.69. The number of rotatable bonds is 2. The van der Waals surface area contributed by atoms with Gasteiger partial charge in [-0.1, -0.05) is 13.0 Å². The number of carbonyl (C=O) groups excluding carboxylic acids is 2. The molecule has 6 heteroatoms. The van der Waals surface area contributed by atoms with Crippen LogP contribution in [0.25, 0.3) is 0 Å². The highest BCUT2D eigenvalue weighted by Crippen LogP contribution is 2.46. The first-order valence-corrected chi connectivity index (χ1v) is 8.20. The summed E-state index contributed by atoms with van der Waals surface area (Å²) in [4.78, 5) is 31.2. The predicted molar refractivity (Wildman–Crippen MR) is 88.1 cm³/mol. The largest absolute Gasteiger partial charge is 0.336 e. The summed E-state index contributed by atoms with van der Waals surface area (Å²) < 4.78 is 0. The lowest BCUT2D eigenvalue weighted by Gasteiger charge is -2.47. The zero-order valence-corrected chi connectivity index (χ0v) is 14.1. The van der Waals surface area contributed by atoms with Gasteiger partial charge in [0.25, 0.3) is 0 Å². The minimum absolute atomic E-state index is 0.0588. The molecule has 4 atom stereocenters. The molecular formula is C17H18N3O2P. The normalized spacial score (nSPS) is 30.5. The van der Waals surface area contributed by atoms with Crippen LogP contribution >= 0.6 is 9.24 Å². The molecule has 2 aliphatic rings. The zero-order valence-electron chi connectivity index (χ0n) is 12.9. The average Bonchev–Trinajstić information content (AvgIpc) is 2.56. The molecule has 0 bridgehead atoms. The van der Waals surface area contributed by atoms with Gasteiger partial charge in [-0.15, -0.1) is 9.24 Å². The number of piperidine rings is 1. The van der Waals surface area contributed by atoms with Crippen LogP contribution < -0.4 is 0 Å². The molecule has 0 saturated carbocycles. The summed E-state index contributed by atoms with van der Waals surface area (Å²) in [5.74, 6) is -0.601. The smallest absolute Gasteiger partial charge is 0.237 e. The Morgan fingerprint density at radius 2 is 2.26 bits per heavy atom. The summed E-state index contributed by atoms with van der Waals surface area (Å²) in [6, 6.07) is 7.56. The van der Waals surface area contributed by atoms with Crippen molar-refractivity contribution in [1.82, 2.24) is 9.88 Å². The van der Waals surface area contributed by atoms with E-state index in [4.69, 9.17) is 0 Å². The topological polar surface area (TPSA) is 74.1 Å². The summed E-state index contributed by atoms with van der Waals surface area (Å²) >= 11 is 0. The van der Waals surface area contributed by atoms with Crippen LogP contribution in [0, 0.1) is 23.2 Å². The van der Waals surface area contributed by atoms with Crippen molar-refractivity contribution in [3.05, 3.63) is 41.7 Å². The number of carbonyl (C=O) groups is 2. The van der Waals surface area contributed by atoms with E-state index in [0.717, 1.165) is 12.1 Å². The van der Waals surface area contributed by atoms with E-state index in [1.807, 2.05) is 31.2 Å². The summed E-state index contributed by atoms with van der Waals surface area (Å²) in [6.07, 6.45) is 4.00. The van der Waals surface area contributed by atoms with Gasteiger partial charge in [0.1, 0.15) is 6.07 Å². The molecule has 118 valence electrons. The second-order valence-electron chi connectivity index (χ2n) is 6.20. The number of nitrogens with zero attached hydrogens (tertiary/aromatic N) is 3. The molecule has 0 N–H and O–H groups in total. The highest BCUT2D eigenvalue weighted by Gasteiger charge is 2.52. The van der Waals surface area contributed by atoms with Gasteiger partial charge in [-0.05, 0) is 30.5 Å². The molecule has 1 amide bonds. The van der Waals surface area contributed by atoms with Crippen LogP contribution in [0.1, 0.15) is 19.0 Å². The first-order valence-electron chi connectivity index (χ1n) is 7.62. The van der Waals surface area contributed by atoms with Gasteiger partial charge in [0.15, 0.2) is 5.78 Å². The number of aromatic nitrogens is 1. The Morgan fingerprint density at radius 3 is 2.91 bits per heavy atom. The lowest BCUT2D eigenvalue weighted by Crippen LogP contribution is -2.58. The number of hydrogen-bond donors (Lipinski definition) is 0. The summed E-state index contributed by atoms with van der Waals surface area (Å²) in [5, 5.41) is 8.32. The van der Waals surface area contributed by atoms with Crippen LogP contribution in [-0.2, 0) is 16.1 Å². The fraction of sp³-hybridized carbons (Fsp3) is 0.412. The molecule has 2 heterocycles. The van der Waals surface area contributed by atoms with Gasteiger partial charge in [0, 0.05) is 18.7 Å². The second kappa shape index (κ2) is 5.86. The van der Waals surface area contributed by atoms with E-state index in [2.05, 4.69) is 14.2 Å². The maximum Gasteiger partial charge on any atom is 0.237 e. The molecule has 1 aliphatic heterocycles. The van der Waals surface area contributed by atoms with E-state index in [1.54, 1.807) is 17.2 Å². The molecule has 1 aromatic heterocycles. The third-order valence-electron chi connectivity index (χ3n) is 4.85. The Morgan fingerprint density at radius 1 is 1.48 bits per heavy atom. The average molecular weight is 327 g/mol. The highest BCUT2D eigenvalue weighted by molar-refractivity contribution is 7.21. The standard InChI is InChI=1S/C17H18N3O2P/c1-11-14-5-7-20(10-13-4-2-3-6-19-13)16(22)17(14,23)8-12(9-18)15(11)21/h2-4,6,8,11,14H,5,7,10,23H2,1H3/t11-,14-,17+/m1/s1. The minimum atomic E-state index is -0.870. The number of nitriles is 1. The van der Waals surface area contributed by atoms with E-state index in [-0.39, 0.29) is 29.1 Å². The monoisotopic (exact) mass is 327 g/mol. The Labute approximate surface area is 137 Å². The van der Waals surface area contributed by atoms with E-state index >= 15 is 0 Å². The van der Waals surface area contributed by atoms with Crippen molar-refractivity contribution in [2.24, 2.45) is 11.8 Å². The molecule has 23 heavy (non-hydrogen) atoms. The van der Waals surface area contributed by atoms with Crippen molar-refractivity contribution in [1.29, 1.82) is 5.26 Å². The Hall–Kier alpha value is -2.05. The molecule has 5 nitrogen and oxygen atoms in total. The molecule has 1 fully saturated rings. The van der Waals surface area contributed by atoms with E-state index in [9.17, 15) is 14.9 Å². The van der Waals surface area contributed by atoms with Crippen LogP contribution in [0.4, 0.5) is 0 Å². The van der Waals surface area contributed by atoms with Gasteiger partial charge in [0.2, 0.25) is 5.91 Å².